The van der Waals surface area contributed by atoms with Crippen molar-refractivity contribution >= 4 is 50.5 Å². The molecule has 25 heavy (non-hydrogen) atoms. The van der Waals surface area contributed by atoms with Crippen LogP contribution in [0, 0.1) is 0 Å². The van der Waals surface area contributed by atoms with E-state index in [2.05, 4.69) is 48.6 Å². The number of rotatable bonds is 4. The molecular formula is C19H22N4S2. The zero-order valence-electron chi connectivity index (χ0n) is 14.8. The molecule has 1 aliphatic rings. The third-order valence-corrected chi connectivity index (χ3v) is 6.36. The molecule has 2 heterocycles. The summed E-state index contributed by atoms with van der Waals surface area (Å²) < 4.78 is 0. The summed E-state index contributed by atoms with van der Waals surface area (Å²) in [7, 11) is 4.11. The number of fused-ring (bicyclic) bond motifs is 3. The molecule has 0 saturated carbocycles. The van der Waals surface area contributed by atoms with E-state index in [1.165, 1.54) is 40.8 Å². The van der Waals surface area contributed by atoms with Crippen molar-refractivity contribution in [2.24, 2.45) is 0 Å². The Morgan fingerprint density at radius 2 is 1.84 bits per heavy atom. The lowest BCUT2D eigenvalue weighted by Crippen LogP contribution is -2.08. The molecule has 0 bridgehead atoms. The second kappa shape index (κ2) is 6.84. The standard InChI is InChI=1S/C19H22N4S2/c1-23(2)13-10-8-12(9-11-13)20-17-16-14-6-4-5-7-15(14)25-18(16)22-19(21-17)24-3/h8-11H,4-7H2,1-3H3,(H,20,21,22). The lowest BCUT2D eigenvalue weighted by Gasteiger charge is -2.15. The van der Waals surface area contributed by atoms with Gasteiger partial charge >= 0.3 is 0 Å². The molecule has 6 heteroatoms. The highest BCUT2D eigenvalue weighted by Crippen LogP contribution is 2.40. The Kier molecular flexibility index (Phi) is 4.56. The van der Waals surface area contributed by atoms with Gasteiger partial charge in [-0.25, -0.2) is 9.97 Å². The van der Waals surface area contributed by atoms with E-state index in [1.54, 1.807) is 11.8 Å². The number of aromatic nitrogens is 2. The molecule has 4 rings (SSSR count). The molecule has 0 unspecified atom stereocenters. The van der Waals surface area contributed by atoms with Crippen LogP contribution in [0.3, 0.4) is 0 Å². The third kappa shape index (κ3) is 3.20. The highest BCUT2D eigenvalue weighted by molar-refractivity contribution is 7.98. The van der Waals surface area contributed by atoms with Gasteiger partial charge in [0.25, 0.3) is 0 Å². The fraction of sp³-hybridized carbons (Fsp3) is 0.368. The van der Waals surface area contributed by atoms with Gasteiger partial charge in [0.15, 0.2) is 5.16 Å². The molecular weight excluding hydrogens is 348 g/mol. The van der Waals surface area contributed by atoms with Gasteiger partial charge in [-0.05, 0) is 61.8 Å². The number of hydrogen-bond acceptors (Lipinski definition) is 6. The van der Waals surface area contributed by atoms with Crippen molar-refractivity contribution in [2.45, 2.75) is 30.8 Å². The molecule has 0 aliphatic heterocycles. The topological polar surface area (TPSA) is 41.1 Å². The van der Waals surface area contributed by atoms with Crippen LogP contribution in [0.1, 0.15) is 23.3 Å². The van der Waals surface area contributed by atoms with Gasteiger partial charge in [-0.2, -0.15) is 0 Å². The minimum Gasteiger partial charge on any atom is -0.378 e. The molecule has 0 spiro atoms. The molecule has 0 amide bonds. The molecule has 3 aromatic rings. The summed E-state index contributed by atoms with van der Waals surface area (Å²) >= 11 is 3.45. The van der Waals surface area contributed by atoms with Crippen LogP contribution in [0.4, 0.5) is 17.2 Å². The Labute approximate surface area is 156 Å². The molecule has 0 atom stereocenters. The lowest BCUT2D eigenvalue weighted by atomic mass is 9.97. The van der Waals surface area contributed by atoms with Crippen molar-refractivity contribution in [3.05, 3.63) is 34.7 Å². The molecule has 0 fully saturated rings. The van der Waals surface area contributed by atoms with E-state index in [-0.39, 0.29) is 0 Å². The van der Waals surface area contributed by atoms with Gasteiger partial charge in [-0.3, -0.25) is 0 Å². The second-order valence-electron chi connectivity index (χ2n) is 6.52. The average molecular weight is 371 g/mol. The van der Waals surface area contributed by atoms with E-state index >= 15 is 0 Å². The van der Waals surface area contributed by atoms with Crippen molar-refractivity contribution in [1.82, 2.24) is 9.97 Å². The fourth-order valence-electron chi connectivity index (χ4n) is 3.30. The Bertz CT molecular complexity index is 900. The van der Waals surface area contributed by atoms with E-state index < -0.39 is 0 Å². The summed E-state index contributed by atoms with van der Waals surface area (Å²) in [6, 6.07) is 8.47. The summed E-state index contributed by atoms with van der Waals surface area (Å²) in [5, 5.41) is 5.61. The monoisotopic (exact) mass is 370 g/mol. The largest absolute Gasteiger partial charge is 0.378 e. The van der Waals surface area contributed by atoms with Crippen LogP contribution in [0.15, 0.2) is 29.4 Å². The SMILES string of the molecule is CSc1nc(Nc2ccc(N(C)C)cc2)c2c3c(sc2n1)CCCC3. The van der Waals surface area contributed by atoms with Gasteiger partial charge < -0.3 is 10.2 Å². The summed E-state index contributed by atoms with van der Waals surface area (Å²) in [5.41, 5.74) is 3.72. The predicted octanol–water partition coefficient (Wildman–Crippen LogP) is 5.10. The van der Waals surface area contributed by atoms with Crippen molar-refractivity contribution in [3.8, 4) is 0 Å². The van der Waals surface area contributed by atoms with E-state index in [9.17, 15) is 0 Å². The summed E-state index contributed by atoms with van der Waals surface area (Å²) in [5.74, 6) is 0.950. The minimum atomic E-state index is 0.832. The molecule has 1 N–H and O–H groups in total. The molecule has 130 valence electrons. The number of nitrogens with one attached hydrogen (secondary N) is 1. The first-order valence-electron chi connectivity index (χ1n) is 8.56. The lowest BCUT2D eigenvalue weighted by molar-refractivity contribution is 0.700. The number of nitrogens with zero attached hydrogens (tertiary/aromatic N) is 3. The molecule has 4 nitrogen and oxygen atoms in total. The van der Waals surface area contributed by atoms with Crippen LogP contribution in [0.5, 0.6) is 0 Å². The van der Waals surface area contributed by atoms with Crippen molar-refractivity contribution < 1.29 is 0 Å². The van der Waals surface area contributed by atoms with Crippen LogP contribution in [-0.2, 0) is 12.8 Å². The van der Waals surface area contributed by atoms with Gasteiger partial charge in [0.1, 0.15) is 10.6 Å². The van der Waals surface area contributed by atoms with Gasteiger partial charge in [-0.15, -0.1) is 11.3 Å². The normalized spacial score (nSPS) is 13.7. The Morgan fingerprint density at radius 1 is 1.08 bits per heavy atom. The van der Waals surface area contributed by atoms with Crippen LogP contribution >= 0.6 is 23.1 Å². The van der Waals surface area contributed by atoms with Crippen molar-refractivity contribution in [1.29, 1.82) is 0 Å². The zero-order chi connectivity index (χ0) is 17.4. The first-order chi connectivity index (χ1) is 12.2. The van der Waals surface area contributed by atoms with E-state index in [0.717, 1.165) is 27.9 Å². The van der Waals surface area contributed by atoms with Crippen LogP contribution in [-0.4, -0.2) is 30.3 Å². The smallest absolute Gasteiger partial charge is 0.190 e. The first kappa shape index (κ1) is 16.7. The summed E-state index contributed by atoms with van der Waals surface area (Å²) in [6.45, 7) is 0. The average Bonchev–Trinajstić information content (AvgIpc) is 3.00. The number of hydrogen-bond donors (Lipinski definition) is 1. The van der Waals surface area contributed by atoms with Gasteiger partial charge in [0, 0.05) is 30.3 Å². The predicted molar refractivity (Wildman–Crippen MR) is 110 cm³/mol. The number of thioether (sulfide) groups is 1. The second-order valence-corrected chi connectivity index (χ2v) is 8.37. The highest BCUT2D eigenvalue weighted by Gasteiger charge is 2.21. The van der Waals surface area contributed by atoms with E-state index in [4.69, 9.17) is 9.97 Å². The molecule has 1 aromatic carbocycles. The molecule has 0 radical (unpaired) electrons. The van der Waals surface area contributed by atoms with Crippen molar-refractivity contribution in [3.63, 3.8) is 0 Å². The van der Waals surface area contributed by atoms with E-state index in [0.29, 0.717) is 0 Å². The van der Waals surface area contributed by atoms with Crippen LogP contribution in [0.25, 0.3) is 10.2 Å². The number of aryl methyl sites for hydroxylation is 2. The van der Waals surface area contributed by atoms with Crippen LogP contribution < -0.4 is 10.2 Å². The molecule has 2 aromatic heterocycles. The summed E-state index contributed by atoms with van der Waals surface area (Å²) in [6.07, 6.45) is 6.91. The first-order valence-corrected chi connectivity index (χ1v) is 10.6. The van der Waals surface area contributed by atoms with Crippen LogP contribution in [0.2, 0.25) is 0 Å². The summed E-state index contributed by atoms with van der Waals surface area (Å²) in [4.78, 5) is 14.3. The third-order valence-electron chi connectivity index (χ3n) is 4.62. The van der Waals surface area contributed by atoms with Gasteiger partial charge in [-0.1, -0.05) is 11.8 Å². The van der Waals surface area contributed by atoms with Gasteiger partial charge in [0.05, 0.1) is 5.39 Å². The maximum absolute atomic E-state index is 4.79. The zero-order valence-corrected chi connectivity index (χ0v) is 16.4. The minimum absolute atomic E-state index is 0.832. The highest BCUT2D eigenvalue weighted by atomic mass is 32.2. The Hall–Kier alpha value is -1.79. The molecule has 1 aliphatic carbocycles. The van der Waals surface area contributed by atoms with Crippen molar-refractivity contribution in [2.75, 3.05) is 30.6 Å². The van der Waals surface area contributed by atoms with Gasteiger partial charge in [0.2, 0.25) is 0 Å². The number of thiophene rings is 1. The fourth-order valence-corrected chi connectivity index (χ4v) is 4.98. The number of anilines is 3. The Balaban J connectivity index is 1.78. The quantitative estimate of drug-likeness (QED) is 0.511. The molecule has 0 saturated heterocycles. The maximum atomic E-state index is 4.79. The number of benzene rings is 1. The van der Waals surface area contributed by atoms with E-state index in [1.807, 2.05) is 17.6 Å². The Morgan fingerprint density at radius 3 is 2.56 bits per heavy atom. The maximum Gasteiger partial charge on any atom is 0.190 e.